The first-order chi connectivity index (χ1) is 2.83. The normalized spacial score (nSPS) is 2.00. The summed E-state index contributed by atoms with van der Waals surface area (Å²) in [7, 11) is 0. The average Bonchev–Trinajstić information content (AvgIpc) is 1.39. The van der Waals surface area contributed by atoms with Gasteiger partial charge in [-0.25, -0.2) is 0 Å². The summed E-state index contributed by atoms with van der Waals surface area (Å²) in [5.41, 5.74) is 0. The fourth-order valence-electron chi connectivity index (χ4n) is 0. The van der Waals surface area contributed by atoms with Crippen molar-refractivity contribution in [3.8, 4) is 0 Å². The van der Waals surface area contributed by atoms with E-state index in [0.717, 1.165) is 12.8 Å². The van der Waals surface area contributed by atoms with Crippen LogP contribution in [0.5, 0.6) is 0 Å². The van der Waals surface area contributed by atoms with Crippen LogP contribution in [-0.4, -0.2) is 0 Å². The number of rotatable bonds is 0. The van der Waals surface area contributed by atoms with Gasteiger partial charge >= 0.3 is 0 Å². The Bertz CT molecular complexity index is 24.2. The monoisotopic (exact) mass is 1170 g/mol. The first-order valence-corrected chi connectivity index (χ1v) is 2.00. The molecular formula is C7H15WY10-5. The van der Waals surface area contributed by atoms with Crippen LogP contribution in [0.25, 0.3) is 0 Å². The summed E-state index contributed by atoms with van der Waals surface area (Å²) < 4.78 is 0. The van der Waals surface area contributed by atoms with E-state index >= 15 is 0 Å². The molecule has 11 heteroatoms. The average molecular weight is 1170 g/mol. The van der Waals surface area contributed by atoms with Crippen LogP contribution >= 0.6 is 0 Å². The second kappa shape index (κ2) is 117. The summed E-state index contributed by atoms with van der Waals surface area (Å²) in [6.45, 7) is 13.5. The third-order valence-electron chi connectivity index (χ3n) is 0. The van der Waals surface area contributed by atoms with Crippen LogP contribution < -0.4 is 0 Å². The summed E-state index contributed by atoms with van der Waals surface area (Å²) in [5.74, 6) is 0. The first-order valence-electron chi connectivity index (χ1n) is 2.00. The molecule has 0 saturated carbocycles. The topological polar surface area (TPSA) is 0 Å². The molecular weight excluding hydrogens is 1160 g/mol. The van der Waals surface area contributed by atoms with Crippen molar-refractivity contribution in [2.45, 2.75) is 12.8 Å². The van der Waals surface area contributed by atoms with Crippen LogP contribution in [-0.2, 0) is 348 Å². The predicted molar refractivity (Wildman–Crippen MR) is 37.1 cm³/mol. The van der Waals surface area contributed by atoms with E-state index < -0.39 is 0 Å². The van der Waals surface area contributed by atoms with Crippen molar-refractivity contribution >= 4 is 0 Å². The van der Waals surface area contributed by atoms with Gasteiger partial charge in [-0.1, -0.05) is 0 Å². The van der Waals surface area contributed by atoms with E-state index in [4.69, 9.17) is 0 Å². The van der Waals surface area contributed by atoms with Gasteiger partial charge in [0.1, 0.15) is 0 Å². The molecule has 0 heterocycles. The van der Waals surface area contributed by atoms with Crippen molar-refractivity contribution in [3.63, 3.8) is 0 Å². The molecule has 0 N–H and O–H groups in total. The van der Waals surface area contributed by atoms with Crippen molar-refractivity contribution in [1.82, 2.24) is 0 Å². The fourth-order valence-corrected chi connectivity index (χ4v) is 0. The molecule has 0 aliphatic heterocycles. The maximum absolute atomic E-state index is 3.38. The van der Waals surface area contributed by atoms with Gasteiger partial charge < -0.3 is 48.0 Å². The van der Waals surface area contributed by atoms with Gasteiger partial charge in [-0.2, -0.15) is 0 Å². The zero-order valence-corrected chi connectivity index (χ0v) is 42.7. The van der Waals surface area contributed by atoms with Crippen molar-refractivity contribution in [3.05, 3.63) is 35.1 Å². The Balaban J connectivity index is -0.000000000889. The molecule has 0 rings (SSSR count). The largest absolute Gasteiger partial charge is 0.372 e. The van der Waals surface area contributed by atoms with Crippen molar-refractivity contribution in [1.29, 1.82) is 0 Å². The van der Waals surface area contributed by atoms with E-state index in [2.05, 4.69) is 27.7 Å². The summed E-state index contributed by atoms with van der Waals surface area (Å²) in [6, 6.07) is 0. The molecule has 0 bridgehead atoms. The fraction of sp³-hybridized carbons (Fsp3) is 0.286. The van der Waals surface area contributed by atoms with Crippen molar-refractivity contribution < 1.29 is 348 Å². The molecule has 0 aliphatic carbocycles. The molecule has 0 aliphatic rings. The van der Waals surface area contributed by atoms with E-state index in [1.807, 2.05) is 0 Å². The molecule has 0 fully saturated rings. The van der Waals surface area contributed by atoms with Gasteiger partial charge in [0, 0.05) is 348 Å². The van der Waals surface area contributed by atoms with E-state index in [1.54, 1.807) is 0 Å². The predicted octanol–water partition coefficient (Wildman–Crippen LogP) is 2.51. The molecule has 0 aromatic rings. The molecule has 0 saturated heterocycles. The van der Waals surface area contributed by atoms with Crippen molar-refractivity contribution in [2.24, 2.45) is 0 Å². The van der Waals surface area contributed by atoms with Gasteiger partial charge in [0.15, 0.2) is 0 Å². The molecule has 0 nitrogen and oxygen atoms in total. The van der Waals surface area contributed by atoms with Gasteiger partial charge in [0.05, 0.1) is 0 Å². The maximum atomic E-state index is 3.38. The van der Waals surface area contributed by atoms with Crippen LogP contribution in [0.4, 0.5) is 0 Å². The SMILES string of the molecule is [CH2-]C[CH2-].[CH2-]C[CH2-].[CH3-].[W].[Y].[Y].[Y].[Y].[Y].[Y].[Y].[Y].[Y].[Y]. The summed E-state index contributed by atoms with van der Waals surface area (Å²) in [6.07, 6.45) is 1.50. The zero-order valence-electron chi connectivity index (χ0n) is 11.4. The van der Waals surface area contributed by atoms with E-state index in [-0.39, 0.29) is 356 Å². The van der Waals surface area contributed by atoms with Crippen LogP contribution in [0.2, 0.25) is 0 Å². The summed E-state index contributed by atoms with van der Waals surface area (Å²) in [4.78, 5) is 0. The van der Waals surface area contributed by atoms with E-state index in [0.29, 0.717) is 0 Å². The summed E-state index contributed by atoms with van der Waals surface area (Å²) in [5, 5.41) is 0. The molecule has 0 aromatic carbocycles. The Hall–Kier alpha value is 11.7. The smallest absolute Gasteiger partial charge is 0 e. The molecule has 0 unspecified atom stereocenters. The first kappa shape index (κ1) is 99.2. The second-order valence-corrected chi connectivity index (χ2v) is 0.707. The Morgan fingerprint density at radius 1 is 0.389 bits per heavy atom. The van der Waals surface area contributed by atoms with Crippen LogP contribution in [0.3, 0.4) is 0 Å². The molecule has 0 spiro atoms. The third-order valence-corrected chi connectivity index (χ3v) is 0. The Morgan fingerprint density at radius 2 is 0.389 bits per heavy atom. The van der Waals surface area contributed by atoms with Gasteiger partial charge in [0.2, 0.25) is 0 Å². The molecule has 0 amide bonds. The van der Waals surface area contributed by atoms with Crippen LogP contribution in [0.1, 0.15) is 12.8 Å². The standard InChI is InChI=1S/2C3H6.CH3.W.10Y/c2*1-3-2;;;;;;;;;;;;/h2*1-3H2;1H3;;;;;;;;;;;/q2*-2;-1;;;;;;;;;;;. The van der Waals surface area contributed by atoms with Gasteiger partial charge in [-0.3, -0.25) is 0 Å². The minimum absolute atomic E-state index is 0. The quantitative estimate of drug-likeness (QED) is 0.328. The summed E-state index contributed by atoms with van der Waals surface area (Å²) >= 11 is 0. The molecule has 0 aromatic heterocycles. The Labute approximate surface area is 383 Å². The van der Waals surface area contributed by atoms with Gasteiger partial charge in [0.25, 0.3) is 0 Å². The van der Waals surface area contributed by atoms with Gasteiger partial charge in [-0.05, 0) is 0 Å². The van der Waals surface area contributed by atoms with Crippen LogP contribution in [0.15, 0.2) is 0 Å². The zero-order chi connectivity index (χ0) is 5.41. The molecule has 0 atom stereocenters. The second-order valence-electron chi connectivity index (χ2n) is 0.707. The van der Waals surface area contributed by atoms with E-state index in [1.165, 1.54) is 0 Å². The number of hydrogen-bond acceptors (Lipinski definition) is 0. The van der Waals surface area contributed by atoms with Crippen molar-refractivity contribution in [2.75, 3.05) is 0 Å². The Kier molecular flexibility index (Phi) is 646. The number of hydrogen-bond donors (Lipinski definition) is 0. The van der Waals surface area contributed by atoms with Crippen LogP contribution in [0, 0.1) is 35.1 Å². The van der Waals surface area contributed by atoms with Gasteiger partial charge in [-0.15, -0.1) is 0 Å². The minimum atomic E-state index is 0. The Morgan fingerprint density at radius 3 is 0.389 bits per heavy atom. The third kappa shape index (κ3) is 144. The molecule has 10 radical (unpaired) electrons. The minimum Gasteiger partial charge on any atom is -0.372 e. The maximum Gasteiger partial charge on any atom is 0 e. The molecule has 18 heavy (non-hydrogen) atoms. The van der Waals surface area contributed by atoms with E-state index in [9.17, 15) is 0 Å². The molecule has 84 valence electrons.